The fourth-order valence-electron chi connectivity index (χ4n) is 4.03. The molecule has 4 rings (SSSR count). The summed E-state index contributed by atoms with van der Waals surface area (Å²) in [5.74, 6) is -0.996. The van der Waals surface area contributed by atoms with E-state index in [2.05, 4.69) is 88.4 Å². The maximum Gasteiger partial charge on any atom is 0.331 e. The number of amides is 1. The molecule has 0 bridgehead atoms. The number of allylic oxidation sites excluding steroid dienone is 1. The number of carbonyl (C=O) groups is 2. The number of thioether (sulfide) groups is 1. The van der Waals surface area contributed by atoms with Crippen LogP contribution in [0, 0.1) is 0 Å². The number of benzene rings is 2. The zero-order valence-corrected chi connectivity index (χ0v) is 20.3. The number of hydrogen-bond acceptors (Lipinski definition) is 7. The second-order valence-electron chi connectivity index (χ2n) is 8.57. The Hall–Kier alpha value is -3.65. The highest BCUT2D eigenvalue weighted by Crippen LogP contribution is 2.40. The number of anilines is 1. The van der Waals surface area contributed by atoms with E-state index in [1.807, 2.05) is 12.1 Å². The van der Waals surface area contributed by atoms with Crippen molar-refractivity contribution in [2.24, 2.45) is 10.2 Å². The molecular weight excluding hydrogens is 448 g/mol. The molecule has 34 heavy (non-hydrogen) atoms. The molecule has 2 aliphatic rings. The van der Waals surface area contributed by atoms with Gasteiger partial charge in [-0.1, -0.05) is 42.5 Å². The SMILES string of the molecule is COC(=O)/C=C1/S/C(=N\N=Cc2ccc3c(c2)C(C)=CC(C)(C)N3Cc2ccccc2)NC1=O. The highest BCUT2D eigenvalue weighted by atomic mass is 32.2. The molecule has 2 heterocycles. The van der Waals surface area contributed by atoms with E-state index < -0.39 is 11.9 Å². The van der Waals surface area contributed by atoms with Crippen LogP contribution in [0.3, 0.4) is 0 Å². The van der Waals surface area contributed by atoms with Crippen LogP contribution in [0.2, 0.25) is 0 Å². The molecule has 0 saturated carbocycles. The maximum atomic E-state index is 11.9. The summed E-state index contributed by atoms with van der Waals surface area (Å²) in [6.45, 7) is 7.39. The van der Waals surface area contributed by atoms with E-state index in [9.17, 15) is 9.59 Å². The number of ether oxygens (including phenoxy) is 1. The van der Waals surface area contributed by atoms with E-state index in [-0.39, 0.29) is 10.4 Å². The third-order valence-electron chi connectivity index (χ3n) is 5.64. The summed E-state index contributed by atoms with van der Waals surface area (Å²) < 4.78 is 4.56. The van der Waals surface area contributed by atoms with Crippen molar-refractivity contribution >= 4 is 46.3 Å². The van der Waals surface area contributed by atoms with Crippen LogP contribution in [0.1, 0.15) is 37.5 Å². The molecule has 0 spiro atoms. The number of hydrogen-bond donors (Lipinski definition) is 1. The van der Waals surface area contributed by atoms with Crippen molar-refractivity contribution in [3.05, 3.63) is 82.3 Å². The van der Waals surface area contributed by atoms with E-state index in [1.165, 1.54) is 23.9 Å². The van der Waals surface area contributed by atoms with Crippen LogP contribution < -0.4 is 10.2 Å². The molecule has 1 amide bonds. The van der Waals surface area contributed by atoms with Gasteiger partial charge in [0.25, 0.3) is 5.91 Å². The molecule has 1 N–H and O–H groups in total. The van der Waals surface area contributed by atoms with E-state index in [0.717, 1.165) is 35.5 Å². The summed E-state index contributed by atoms with van der Waals surface area (Å²) in [6, 6.07) is 16.7. The van der Waals surface area contributed by atoms with Crippen molar-refractivity contribution < 1.29 is 14.3 Å². The highest BCUT2D eigenvalue weighted by molar-refractivity contribution is 8.18. The topological polar surface area (TPSA) is 83.4 Å². The number of carbonyl (C=O) groups excluding carboxylic acids is 2. The number of nitrogens with one attached hydrogen (secondary N) is 1. The molecule has 0 radical (unpaired) electrons. The van der Waals surface area contributed by atoms with Crippen LogP contribution in [0.25, 0.3) is 5.57 Å². The van der Waals surface area contributed by atoms with Gasteiger partial charge in [0.05, 0.1) is 23.8 Å². The lowest BCUT2D eigenvalue weighted by Crippen LogP contribution is -2.44. The molecule has 0 aromatic heterocycles. The van der Waals surface area contributed by atoms with Crippen LogP contribution in [-0.2, 0) is 20.9 Å². The van der Waals surface area contributed by atoms with Gasteiger partial charge < -0.3 is 9.64 Å². The zero-order valence-electron chi connectivity index (χ0n) is 19.5. The fraction of sp³-hybridized carbons (Fsp3) is 0.231. The summed E-state index contributed by atoms with van der Waals surface area (Å²) >= 11 is 1.04. The lowest BCUT2D eigenvalue weighted by Gasteiger charge is -2.43. The molecule has 2 aromatic carbocycles. The number of rotatable bonds is 5. The van der Waals surface area contributed by atoms with Gasteiger partial charge in [0.2, 0.25) is 0 Å². The minimum atomic E-state index is -0.593. The average Bonchev–Trinajstić information content (AvgIpc) is 3.15. The summed E-state index contributed by atoms with van der Waals surface area (Å²) in [6.07, 6.45) is 5.07. The molecular formula is C26H26N4O3S. The third-order valence-corrected chi connectivity index (χ3v) is 6.54. The maximum absolute atomic E-state index is 11.9. The highest BCUT2D eigenvalue weighted by Gasteiger charge is 2.31. The lowest BCUT2D eigenvalue weighted by atomic mass is 9.87. The Morgan fingerprint density at radius 2 is 1.97 bits per heavy atom. The van der Waals surface area contributed by atoms with Crippen molar-refractivity contribution in [2.75, 3.05) is 12.0 Å². The Bertz CT molecular complexity index is 1250. The first kappa shape index (κ1) is 23.5. The third kappa shape index (κ3) is 5.12. The lowest BCUT2D eigenvalue weighted by molar-refractivity contribution is -0.135. The van der Waals surface area contributed by atoms with Gasteiger partial charge in [-0.3, -0.25) is 10.1 Å². The van der Waals surface area contributed by atoms with Crippen LogP contribution in [0.4, 0.5) is 5.69 Å². The van der Waals surface area contributed by atoms with Crippen molar-refractivity contribution in [1.29, 1.82) is 0 Å². The van der Waals surface area contributed by atoms with Gasteiger partial charge in [-0.25, -0.2) is 4.79 Å². The fourth-order valence-corrected chi connectivity index (χ4v) is 4.76. The van der Waals surface area contributed by atoms with Gasteiger partial charge in [-0.05, 0) is 61.4 Å². The van der Waals surface area contributed by atoms with Gasteiger partial charge in [0, 0.05) is 23.9 Å². The van der Waals surface area contributed by atoms with Crippen molar-refractivity contribution in [2.45, 2.75) is 32.9 Å². The molecule has 1 fully saturated rings. The van der Waals surface area contributed by atoms with Crippen molar-refractivity contribution in [3.63, 3.8) is 0 Å². The standard InChI is InChI=1S/C26H26N4O3S/c1-17-14-26(2,3)30(16-18-8-6-5-7-9-18)21-11-10-19(12-20(17)21)15-27-29-25-28-24(32)22(34-25)13-23(31)33-4/h5-15H,16H2,1-4H3,(H,28,29,32)/b22-13+,27-15?. The van der Waals surface area contributed by atoms with Crippen molar-refractivity contribution in [3.8, 4) is 0 Å². The van der Waals surface area contributed by atoms with Gasteiger partial charge in [0.1, 0.15) is 0 Å². The van der Waals surface area contributed by atoms with E-state index in [1.54, 1.807) is 6.21 Å². The van der Waals surface area contributed by atoms with Crippen LogP contribution in [0.15, 0.2) is 75.8 Å². The summed E-state index contributed by atoms with van der Waals surface area (Å²) in [4.78, 5) is 25.9. The first-order valence-corrected chi connectivity index (χ1v) is 11.6. The number of fused-ring (bicyclic) bond motifs is 1. The predicted octanol–water partition coefficient (Wildman–Crippen LogP) is 4.50. The first-order valence-electron chi connectivity index (χ1n) is 10.8. The molecule has 1 saturated heterocycles. The minimum Gasteiger partial charge on any atom is -0.466 e. The largest absolute Gasteiger partial charge is 0.466 e. The van der Waals surface area contributed by atoms with Crippen molar-refractivity contribution in [1.82, 2.24) is 5.32 Å². The minimum absolute atomic E-state index is 0.123. The quantitative estimate of drug-likeness (QED) is 0.299. The van der Waals surface area contributed by atoms with E-state index in [4.69, 9.17) is 0 Å². The number of nitrogens with zero attached hydrogens (tertiary/aromatic N) is 3. The van der Waals surface area contributed by atoms with Gasteiger partial charge >= 0.3 is 5.97 Å². The van der Waals surface area contributed by atoms with Crippen LogP contribution >= 0.6 is 11.8 Å². The molecule has 2 aliphatic heterocycles. The first-order chi connectivity index (χ1) is 16.3. The summed E-state index contributed by atoms with van der Waals surface area (Å²) in [5, 5.41) is 11.1. The molecule has 7 nitrogen and oxygen atoms in total. The van der Waals surface area contributed by atoms with Gasteiger partial charge in [0.15, 0.2) is 5.17 Å². The monoisotopic (exact) mass is 474 g/mol. The zero-order chi connectivity index (χ0) is 24.3. The average molecular weight is 475 g/mol. The van der Waals surface area contributed by atoms with Crippen LogP contribution in [-0.4, -0.2) is 35.9 Å². The Labute approximate surface area is 203 Å². The normalized spacial score (nSPS) is 19.4. The van der Waals surface area contributed by atoms with Crippen LogP contribution in [0.5, 0.6) is 0 Å². The number of amidine groups is 1. The predicted molar refractivity (Wildman–Crippen MR) is 138 cm³/mol. The number of esters is 1. The Morgan fingerprint density at radius 3 is 2.71 bits per heavy atom. The molecule has 0 atom stereocenters. The second kappa shape index (κ2) is 9.69. The Kier molecular flexibility index (Phi) is 6.70. The summed E-state index contributed by atoms with van der Waals surface area (Å²) in [7, 11) is 1.26. The van der Waals surface area contributed by atoms with E-state index in [0.29, 0.717) is 5.17 Å². The Morgan fingerprint density at radius 1 is 1.21 bits per heavy atom. The molecule has 0 aliphatic carbocycles. The second-order valence-corrected chi connectivity index (χ2v) is 9.60. The van der Waals surface area contributed by atoms with Gasteiger partial charge in [-0.2, -0.15) is 5.10 Å². The number of methoxy groups -OCH3 is 1. The molecule has 2 aromatic rings. The smallest absolute Gasteiger partial charge is 0.331 e. The molecule has 0 unspecified atom stereocenters. The Balaban J connectivity index is 1.55. The summed E-state index contributed by atoms with van der Waals surface area (Å²) in [5.41, 5.74) is 5.57. The van der Waals surface area contributed by atoms with Gasteiger partial charge in [-0.15, -0.1) is 5.10 Å². The molecule has 174 valence electrons. The van der Waals surface area contributed by atoms with E-state index >= 15 is 0 Å². The molecule has 8 heteroatoms.